The Hall–Kier alpha value is -2.37. The second-order valence-corrected chi connectivity index (χ2v) is 5.98. The number of hydrogen-bond donors (Lipinski definition) is 2. The summed E-state index contributed by atoms with van der Waals surface area (Å²) in [4.78, 5) is 27.7. The number of benzene rings is 1. The molecule has 6 heteroatoms. The van der Waals surface area contributed by atoms with Gasteiger partial charge in [0.1, 0.15) is 6.04 Å². The van der Waals surface area contributed by atoms with Gasteiger partial charge in [0, 0.05) is 11.6 Å². The standard InChI is InChI=1S/C16H21N3O3/c1-9(2)14(16(21)22)18-15(20)11-5-6-13-12(7-11)17-8-19(13)10(3)4/h5-10,14H,1-4H3,(H,18,20)(H,21,22)/t14-/m1/s1. The number of aliphatic carboxylic acids is 1. The molecular formula is C16H21N3O3. The fraction of sp³-hybridized carbons (Fsp3) is 0.438. The Morgan fingerprint density at radius 2 is 1.91 bits per heavy atom. The zero-order valence-corrected chi connectivity index (χ0v) is 13.2. The van der Waals surface area contributed by atoms with Crippen LogP contribution in [0.25, 0.3) is 11.0 Å². The lowest BCUT2D eigenvalue weighted by atomic mass is 10.0. The van der Waals surface area contributed by atoms with Crippen molar-refractivity contribution in [1.82, 2.24) is 14.9 Å². The third-order valence-corrected chi connectivity index (χ3v) is 3.61. The Kier molecular flexibility index (Phi) is 4.49. The van der Waals surface area contributed by atoms with Gasteiger partial charge in [-0.1, -0.05) is 13.8 Å². The molecule has 0 saturated carbocycles. The molecule has 0 saturated heterocycles. The van der Waals surface area contributed by atoms with Gasteiger partial charge in [-0.15, -0.1) is 0 Å². The maximum Gasteiger partial charge on any atom is 0.326 e. The van der Waals surface area contributed by atoms with Gasteiger partial charge in [-0.2, -0.15) is 0 Å². The summed E-state index contributed by atoms with van der Waals surface area (Å²) in [6.07, 6.45) is 1.74. The summed E-state index contributed by atoms with van der Waals surface area (Å²) in [5.74, 6) is -1.62. The van der Waals surface area contributed by atoms with E-state index in [9.17, 15) is 9.59 Å². The first-order valence-electron chi connectivity index (χ1n) is 7.31. The largest absolute Gasteiger partial charge is 0.480 e. The summed E-state index contributed by atoms with van der Waals surface area (Å²) in [6.45, 7) is 7.63. The normalized spacial score (nSPS) is 12.8. The van der Waals surface area contributed by atoms with Gasteiger partial charge in [-0.3, -0.25) is 4.79 Å². The van der Waals surface area contributed by atoms with Gasteiger partial charge in [0.2, 0.25) is 0 Å². The molecule has 118 valence electrons. The number of nitrogens with zero attached hydrogens (tertiary/aromatic N) is 2. The number of carboxylic acids is 1. The minimum atomic E-state index is -1.03. The van der Waals surface area contributed by atoms with Gasteiger partial charge in [-0.05, 0) is 38.0 Å². The number of rotatable bonds is 5. The van der Waals surface area contributed by atoms with Crippen LogP contribution in [0.1, 0.15) is 44.1 Å². The molecule has 0 bridgehead atoms. The molecule has 1 aromatic heterocycles. The Labute approximate surface area is 129 Å². The van der Waals surface area contributed by atoms with Crippen molar-refractivity contribution in [3.63, 3.8) is 0 Å². The zero-order valence-electron chi connectivity index (χ0n) is 13.2. The quantitative estimate of drug-likeness (QED) is 0.888. The number of hydrogen-bond acceptors (Lipinski definition) is 3. The van der Waals surface area contributed by atoms with Crippen molar-refractivity contribution in [2.45, 2.75) is 39.8 Å². The van der Waals surface area contributed by atoms with Gasteiger partial charge < -0.3 is 15.0 Å². The van der Waals surface area contributed by atoms with Crippen LogP contribution in [0.2, 0.25) is 0 Å². The van der Waals surface area contributed by atoms with Gasteiger partial charge in [0.25, 0.3) is 5.91 Å². The summed E-state index contributed by atoms with van der Waals surface area (Å²) < 4.78 is 2.02. The fourth-order valence-electron chi connectivity index (χ4n) is 2.32. The zero-order chi connectivity index (χ0) is 16.4. The summed E-state index contributed by atoms with van der Waals surface area (Å²) >= 11 is 0. The van der Waals surface area contributed by atoms with Crippen molar-refractivity contribution in [3.8, 4) is 0 Å². The van der Waals surface area contributed by atoms with Crippen LogP contribution in [0.5, 0.6) is 0 Å². The molecule has 0 radical (unpaired) electrons. The molecule has 0 unspecified atom stereocenters. The lowest BCUT2D eigenvalue weighted by Gasteiger charge is -2.17. The number of carboxylic acid groups (broad SMARTS) is 1. The van der Waals surface area contributed by atoms with E-state index in [0.29, 0.717) is 5.56 Å². The first kappa shape index (κ1) is 16.0. The molecule has 2 rings (SSSR count). The topological polar surface area (TPSA) is 84.2 Å². The van der Waals surface area contributed by atoms with Crippen molar-refractivity contribution in [3.05, 3.63) is 30.1 Å². The molecule has 2 aromatic rings. The third kappa shape index (κ3) is 3.10. The maximum absolute atomic E-state index is 12.2. The second kappa shape index (κ2) is 6.17. The predicted octanol–water partition coefficient (Wildman–Crippen LogP) is 2.46. The van der Waals surface area contributed by atoms with E-state index < -0.39 is 17.9 Å². The van der Waals surface area contributed by atoms with E-state index in [4.69, 9.17) is 5.11 Å². The monoisotopic (exact) mass is 303 g/mol. The van der Waals surface area contributed by atoms with Crippen molar-refractivity contribution >= 4 is 22.9 Å². The molecular weight excluding hydrogens is 282 g/mol. The SMILES string of the molecule is CC(C)[C@@H](NC(=O)c1ccc2c(c1)ncn2C(C)C)C(=O)O. The first-order valence-corrected chi connectivity index (χ1v) is 7.31. The van der Waals surface area contributed by atoms with Crippen LogP contribution in [0.15, 0.2) is 24.5 Å². The van der Waals surface area contributed by atoms with Gasteiger partial charge in [0.05, 0.1) is 17.4 Å². The minimum Gasteiger partial charge on any atom is -0.480 e. The average molecular weight is 303 g/mol. The van der Waals surface area contributed by atoms with Crippen LogP contribution in [-0.2, 0) is 4.79 Å². The van der Waals surface area contributed by atoms with E-state index >= 15 is 0 Å². The van der Waals surface area contributed by atoms with Crippen LogP contribution in [0.4, 0.5) is 0 Å². The van der Waals surface area contributed by atoms with Gasteiger partial charge in [0.15, 0.2) is 0 Å². The highest BCUT2D eigenvalue weighted by Crippen LogP contribution is 2.19. The maximum atomic E-state index is 12.2. The Morgan fingerprint density at radius 3 is 2.45 bits per heavy atom. The molecule has 2 N–H and O–H groups in total. The van der Waals surface area contributed by atoms with Crippen LogP contribution in [0, 0.1) is 5.92 Å². The highest BCUT2D eigenvalue weighted by Gasteiger charge is 2.24. The van der Waals surface area contributed by atoms with Crippen LogP contribution in [0.3, 0.4) is 0 Å². The molecule has 0 spiro atoms. The van der Waals surface area contributed by atoms with E-state index in [2.05, 4.69) is 24.1 Å². The number of fused-ring (bicyclic) bond motifs is 1. The molecule has 0 aliphatic heterocycles. The molecule has 1 heterocycles. The number of aromatic nitrogens is 2. The van der Waals surface area contributed by atoms with E-state index in [1.807, 2.05) is 10.6 Å². The number of amides is 1. The van der Waals surface area contributed by atoms with Gasteiger partial charge in [-0.25, -0.2) is 9.78 Å². The average Bonchev–Trinajstić information content (AvgIpc) is 2.86. The third-order valence-electron chi connectivity index (χ3n) is 3.61. The second-order valence-electron chi connectivity index (χ2n) is 5.98. The molecule has 0 fully saturated rings. The first-order chi connectivity index (χ1) is 10.3. The van der Waals surface area contributed by atoms with Crippen LogP contribution in [-0.4, -0.2) is 32.6 Å². The molecule has 1 amide bonds. The Balaban J connectivity index is 2.27. The van der Waals surface area contributed by atoms with Crippen molar-refractivity contribution < 1.29 is 14.7 Å². The van der Waals surface area contributed by atoms with E-state index in [1.54, 1.807) is 32.3 Å². The number of carbonyl (C=O) groups is 2. The summed E-state index contributed by atoms with van der Waals surface area (Å²) in [5, 5.41) is 11.7. The predicted molar refractivity (Wildman–Crippen MR) is 83.8 cm³/mol. The van der Waals surface area contributed by atoms with E-state index in [1.165, 1.54) is 0 Å². The van der Waals surface area contributed by atoms with E-state index in [0.717, 1.165) is 11.0 Å². The summed E-state index contributed by atoms with van der Waals surface area (Å²) in [7, 11) is 0. The van der Waals surface area contributed by atoms with Crippen molar-refractivity contribution in [2.75, 3.05) is 0 Å². The smallest absolute Gasteiger partial charge is 0.326 e. The number of carbonyl (C=O) groups excluding carboxylic acids is 1. The van der Waals surface area contributed by atoms with Gasteiger partial charge >= 0.3 is 5.97 Å². The van der Waals surface area contributed by atoms with Crippen LogP contribution >= 0.6 is 0 Å². The minimum absolute atomic E-state index is 0.190. The van der Waals surface area contributed by atoms with Crippen molar-refractivity contribution in [1.29, 1.82) is 0 Å². The van der Waals surface area contributed by atoms with Crippen LogP contribution < -0.4 is 5.32 Å². The molecule has 22 heavy (non-hydrogen) atoms. The highest BCUT2D eigenvalue weighted by molar-refractivity contribution is 5.99. The van der Waals surface area contributed by atoms with E-state index in [-0.39, 0.29) is 12.0 Å². The summed E-state index contributed by atoms with van der Waals surface area (Å²) in [5.41, 5.74) is 2.08. The lowest BCUT2D eigenvalue weighted by molar-refractivity contribution is -0.140. The Morgan fingerprint density at radius 1 is 1.23 bits per heavy atom. The number of imidazole rings is 1. The Bertz CT molecular complexity index is 704. The molecule has 0 aliphatic carbocycles. The highest BCUT2D eigenvalue weighted by atomic mass is 16.4. The lowest BCUT2D eigenvalue weighted by Crippen LogP contribution is -2.44. The molecule has 0 aliphatic rings. The molecule has 1 atom stereocenters. The summed E-state index contributed by atoms with van der Waals surface area (Å²) in [6, 6.07) is 4.58. The fourth-order valence-corrected chi connectivity index (χ4v) is 2.32. The molecule has 6 nitrogen and oxygen atoms in total. The molecule has 1 aromatic carbocycles. The number of nitrogens with one attached hydrogen (secondary N) is 1. The van der Waals surface area contributed by atoms with Crippen molar-refractivity contribution in [2.24, 2.45) is 5.92 Å².